The van der Waals surface area contributed by atoms with Crippen LogP contribution in [0.4, 0.5) is 5.95 Å². The third-order valence-electron chi connectivity index (χ3n) is 3.50. The molecule has 1 aliphatic heterocycles. The Morgan fingerprint density at radius 1 is 1.20 bits per heavy atom. The highest BCUT2D eigenvalue weighted by molar-refractivity contribution is 5.85. The molecule has 20 heavy (non-hydrogen) atoms. The number of benzene rings is 1. The summed E-state index contributed by atoms with van der Waals surface area (Å²) in [7, 11) is 0. The molecule has 0 saturated heterocycles. The number of carboxylic acid groups (broad SMARTS) is 1. The predicted molar refractivity (Wildman–Crippen MR) is 74.8 cm³/mol. The van der Waals surface area contributed by atoms with Gasteiger partial charge < -0.3 is 10.0 Å². The molecule has 3 rings (SSSR count). The van der Waals surface area contributed by atoms with Crippen molar-refractivity contribution < 1.29 is 9.90 Å². The van der Waals surface area contributed by atoms with Crippen LogP contribution < -0.4 is 4.90 Å². The molecule has 5 heteroatoms. The number of fused-ring (bicyclic) bond motifs is 1. The number of hydrogen-bond acceptors (Lipinski definition) is 4. The monoisotopic (exact) mass is 269 g/mol. The molecule has 2 aromatic rings. The lowest BCUT2D eigenvalue weighted by molar-refractivity contribution is 0.0690. The number of hydrogen-bond donors (Lipinski definition) is 1. The molecule has 0 bridgehead atoms. The van der Waals surface area contributed by atoms with E-state index >= 15 is 0 Å². The summed E-state index contributed by atoms with van der Waals surface area (Å²) < 4.78 is 0. The van der Waals surface area contributed by atoms with Crippen LogP contribution in [-0.2, 0) is 13.0 Å². The van der Waals surface area contributed by atoms with E-state index in [4.69, 9.17) is 5.11 Å². The summed E-state index contributed by atoms with van der Waals surface area (Å²) in [6.07, 6.45) is 3.55. The molecule has 1 N–H and O–H groups in total. The fraction of sp³-hybridized carbons (Fsp3) is 0.267. The Bertz CT molecular complexity index is 643. The van der Waals surface area contributed by atoms with Gasteiger partial charge in [0.25, 0.3) is 0 Å². The van der Waals surface area contributed by atoms with Crippen LogP contribution in [0.5, 0.6) is 0 Å². The second-order valence-corrected chi connectivity index (χ2v) is 4.84. The Morgan fingerprint density at radius 3 is 2.80 bits per heavy atom. The summed E-state index contributed by atoms with van der Waals surface area (Å²) in [6, 6.07) is 9.74. The fourth-order valence-electron chi connectivity index (χ4n) is 2.49. The van der Waals surface area contributed by atoms with Gasteiger partial charge in [0, 0.05) is 19.3 Å². The average molecular weight is 269 g/mol. The summed E-state index contributed by atoms with van der Waals surface area (Å²) in [5.41, 5.74) is 2.64. The number of carbonyl (C=O) groups is 1. The quantitative estimate of drug-likeness (QED) is 0.904. The molecule has 1 aliphatic rings. The van der Waals surface area contributed by atoms with Crippen molar-refractivity contribution in [1.29, 1.82) is 0 Å². The zero-order chi connectivity index (χ0) is 13.9. The van der Waals surface area contributed by atoms with Gasteiger partial charge in [0.15, 0.2) is 5.69 Å². The summed E-state index contributed by atoms with van der Waals surface area (Å²) in [6.45, 7) is 1.55. The highest BCUT2D eigenvalue weighted by atomic mass is 16.4. The molecule has 0 spiro atoms. The molecule has 2 heterocycles. The first-order valence-electron chi connectivity index (χ1n) is 6.62. The van der Waals surface area contributed by atoms with E-state index in [1.54, 1.807) is 0 Å². The number of aromatic carboxylic acids is 1. The zero-order valence-electron chi connectivity index (χ0n) is 11.0. The smallest absolute Gasteiger partial charge is 0.354 e. The van der Waals surface area contributed by atoms with Crippen molar-refractivity contribution in [2.75, 3.05) is 11.4 Å². The van der Waals surface area contributed by atoms with Crippen LogP contribution in [0, 0.1) is 0 Å². The van der Waals surface area contributed by atoms with Gasteiger partial charge in [-0.2, -0.15) is 0 Å². The van der Waals surface area contributed by atoms with Gasteiger partial charge in [-0.25, -0.2) is 14.8 Å². The summed E-state index contributed by atoms with van der Waals surface area (Å²) in [5, 5.41) is 9.01. The van der Waals surface area contributed by atoms with Crippen LogP contribution in [-0.4, -0.2) is 27.6 Å². The van der Waals surface area contributed by atoms with Crippen molar-refractivity contribution in [3.05, 3.63) is 53.3 Å². The van der Waals surface area contributed by atoms with Crippen molar-refractivity contribution in [3.63, 3.8) is 0 Å². The number of rotatable bonds is 2. The Balaban J connectivity index is 1.91. The van der Waals surface area contributed by atoms with E-state index in [-0.39, 0.29) is 5.69 Å². The molecule has 0 unspecified atom stereocenters. The minimum atomic E-state index is -1.02. The predicted octanol–water partition coefficient (Wildman–Crippen LogP) is 2.13. The Kier molecular flexibility index (Phi) is 3.33. The molecule has 102 valence electrons. The lowest BCUT2D eigenvalue weighted by atomic mass is 10.0. The molecular formula is C15H15N3O2. The van der Waals surface area contributed by atoms with Crippen molar-refractivity contribution in [1.82, 2.24) is 9.97 Å². The lowest BCUT2D eigenvalue weighted by Gasteiger charge is -2.20. The standard InChI is InChI=1S/C15H15N3O2/c19-14(20)13-7-8-16-15(17-13)18-9-3-6-11-4-1-2-5-12(11)10-18/h1-2,4-5,7-8H,3,6,9-10H2,(H,19,20). The van der Waals surface area contributed by atoms with E-state index in [9.17, 15) is 4.79 Å². The fourth-order valence-corrected chi connectivity index (χ4v) is 2.49. The Morgan fingerprint density at radius 2 is 2.00 bits per heavy atom. The van der Waals surface area contributed by atoms with Crippen LogP contribution in [0.1, 0.15) is 28.0 Å². The zero-order valence-corrected chi connectivity index (χ0v) is 11.0. The minimum Gasteiger partial charge on any atom is -0.477 e. The number of nitrogens with zero attached hydrogens (tertiary/aromatic N) is 3. The normalized spacial score (nSPS) is 14.5. The third-order valence-corrected chi connectivity index (χ3v) is 3.50. The number of carboxylic acids is 1. The molecule has 1 aromatic heterocycles. The van der Waals surface area contributed by atoms with Gasteiger partial charge >= 0.3 is 5.97 Å². The van der Waals surface area contributed by atoms with Gasteiger partial charge in [-0.05, 0) is 30.0 Å². The Hall–Kier alpha value is -2.43. The molecule has 1 aromatic carbocycles. The van der Waals surface area contributed by atoms with Crippen molar-refractivity contribution >= 4 is 11.9 Å². The molecule has 0 atom stereocenters. The summed E-state index contributed by atoms with van der Waals surface area (Å²) in [4.78, 5) is 21.4. The second kappa shape index (κ2) is 5.28. The molecule has 5 nitrogen and oxygen atoms in total. The van der Waals surface area contributed by atoms with Crippen molar-refractivity contribution in [2.24, 2.45) is 0 Å². The number of aryl methyl sites for hydroxylation is 1. The van der Waals surface area contributed by atoms with Gasteiger partial charge in [0.05, 0.1) is 0 Å². The second-order valence-electron chi connectivity index (χ2n) is 4.84. The first-order chi connectivity index (χ1) is 9.74. The first kappa shape index (κ1) is 12.6. The SMILES string of the molecule is O=C(O)c1ccnc(N2CCCc3ccccc3C2)n1. The van der Waals surface area contributed by atoms with E-state index in [1.165, 1.54) is 23.4 Å². The third kappa shape index (κ3) is 2.47. The van der Waals surface area contributed by atoms with Gasteiger partial charge in [0.2, 0.25) is 5.95 Å². The van der Waals surface area contributed by atoms with Crippen LogP contribution in [0.15, 0.2) is 36.5 Å². The van der Waals surface area contributed by atoms with E-state index < -0.39 is 5.97 Å². The van der Waals surface area contributed by atoms with Crippen molar-refractivity contribution in [2.45, 2.75) is 19.4 Å². The van der Waals surface area contributed by atoms with E-state index in [0.29, 0.717) is 5.95 Å². The lowest BCUT2D eigenvalue weighted by Crippen LogP contribution is -2.25. The van der Waals surface area contributed by atoms with Crippen LogP contribution in [0.2, 0.25) is 0 Å². The maximum Gasteiger partial charge on any atom is 0.354 e. The van der Waals surface area contributed by atoms with E-state index in [2.05, 4.69) is 28.2 Å². The molecule has 0 fully saturated rings. The van der Waals surface area contributed by atoms with Crippen LogP contribution in [0.25, 0.3) is 0 Å². The highest BCUT2D eigenvalue weighted by Crippen LogP contribution is 2.21. The minimum absolute atomic E-state index is 0.0348. The molecule has 0 saturated carbocycles. The van der Waals surface area contributed by atoms with Crippen molar-refractivity contribution in [3.8, 4) is 0 Å². The topological polar surface area (TPSA) is 66.3 Å². The van der Waals surface area contributed by atoms with Gasteiger partial charge in [-0.1, -0.05) is 24.3 Å². The van der Waals surface area contributed by atoms with E-state index in [1.807, 2.05) is 11.0 Å². The maximum atomic E-state index is 11.0. The highest BCUT2D eigenvalue weighted by Gasteiger charge is 2.17. The average Bonchev–Trinajstić information content (AvgIpc) is 2.69. The summed E-state index contributed by atoms with van der Waals surface area (Å²) >= 11 is 0. The first-order valence-corrected chi connectivity index (χ1v) is 6.62. The molecular weight excluding hydrogens is 254 g/mol. The number of aromatic nitrogens is 2. The largest absolute Gasteiger partial charge is 0.477 e. The van der Waals surface area contributed by atoms with Gasteiger partial charge in [0.1, 0.15) is 0 Å². The Labute approximate surface area is 116 Å². The van der Waals surface area contributed by atoms with E-state index in [0.717, 1.165) is 25.9 Å². The maximum absolute atomic E-state index is 11.0. The van der Waals surface area contributed by atoms with Crippen LogP contribution in [0.3, 0.4) is 0 Å². The molecule has 0 aliphatic carbocycles. The number of anilines is 1. The van der Waals surface area contributed by atoms with Gasteiger partial charge in [-0.3, -0.25) is 0 Å². The van der Waals surface area contributed by atoms with Gasteiger partial charge in [-0.15, -0.1) is 0 Å². The van der Waals surface area contributed by atoms with Crippen LogP contribution >= 0.6 is 0 Å². The molecule has 0 radical (unpaired) electrons. The molecule has 0 amide bonds. The summed E-state index contributed by atoms with van der Waals surface area (Å²) in [5.74, 6) is -0.537.